The lowest BCUT2D eigenvalue weighted by molar-refractivity contribution is 0.103. The average molecular weight is 364 g/mol. The van der Waals surface area contributed by atoms with Crippen molar-refractivity contribution >= 4 is 45.0 Å². The molecule has 0 spiro atoms. The van der Waals surface area contributed by atoms with Crippen LogP contribution in [0.5, 0.6) is 0 Å². The molecule has 0 aromatic carbocycles. The number of nitrogens with one attached hydrogen (secondary N) is 1. The largest absolute Gasteiger partial charge is 0.297 e. The predicted molar refractivity (Wildman–Crippen MR) is 98.8 cm³/mol. The first-order chi connectivity index (χ1) is 11.0. The highest BCUT2D eigenvalue weighted by Gasteiger charge is 2.17. The first-order valence-corrected chi connectivity index (χ1v) is 9.87. The molecule has 0 unspecified atom stereocenters. The van der Waals surface area contributed by atoms with Gasteiger partial charge in [-0.15, -0.1) is 34.0 Å². The fourth-order valence-corrected chi connectivity index (χ4v) is 4.76. The number of thiophene rings is 1. The minimum absolute atomic E-state index is 0.123. The normalized spacial score (nSPS) is 11.1. The second kappa shape index (κ2) is 6.90. The van der Waals surface area contributed by atoms with Crippen LogP contribution in [-0.4, -0.2) is 15.9 Å². The number of thiazole rings is 2. The topological polar surface area (TPSA) is 54.9 Å². The fourth-order valence-electron chi connectivity index (χ4n) is 2.12. The molecule has 0 saturated carbocycles. The molecule has 3 aromatic rings. The zero-order valence-corrected chi connectivity index (χ0v) is 15.6. The Bertz CT molecular complexity index is 803. The Morgan fingerprint density at radius 2 is 2.13 bits per heavy atom. The van der Waals surface area contributed by atoms with E-state index in [2.05, 4.69) is 29.1 Å². The molecule has 0 aliphatic carbocycles. The molecule has 4 nitrogen and oxygen atoms in total. The van der Waals surface area contributed by atoms with Crippen LogP contribution in [0.1, 0.15) is 34.2 Å². The SMILES string of the molecule is Cc1nc(CC(C)C)sc1C(=O)Nc1nc(-c2cccs2)cs1. The molecule has 7 heteroatoms. The van der Waals surface area contributed by atoms with Gasteiger partial charge in [0, 0.05) is 11.8 Å². The van der Waals surface area contributed by atoms with Crippen molar-refractivity contribution in [3.63, 3.8) is 0 Å². The summed E-state index contributed by atoms with van der Waals surface area (Å²) in [6.07, 6.45) is 0.901. The number of amides is 1. The minimum atomic E-state index is -0.123. The third-order valence-electron chi connectivity index (χ3n) is 3.13. The monoisotopic (exact) mass is 363 g/mol. The highest BCUT2D eigenvalue weighted by Crippen LogP contribution is 2.29. The molecule has 0 saturated heterocycles. The molecule has 0 atom stereocenters. The molecule has 0 aliphatic rings. The van der Waals surface area contributed by atoms with E-state index in [1.54, 1.807) is 11.3 Å². The van der Waals surface area contributed by atoms with Gasteiger partial charge in [-0.25, -0.2) is 9.97 Å². The predicted octanol–water partition coefficient (Wildman–Crippen LogP) is 5.09. The Morgan fingerprint density at radius 1 is 1.30 bits per heavy atom. The molecule has 3 heterocycles. The number of nitrogens with zero attached hydrogens (tertiary/aromatic N) is 2. The zero-order valence-electron chi connectivity index (χ0n) is 13.1. The molecule has 120 valence electrons. The van der Waals surface area contributed by atoms with E-state index in [1.807, 2.05) is 29.8 Å². The third kappa shape index (κ3) is 3.85. The molecule has 1 N–H and O–H groups in total. The van der Waals surface area contributed by atoms with Gasteiger partial charge in [-0.3, -0.25) is 10.1 Å². The van der Waals surface area contributed by atoms with E-state index >= 15 is 0 Å². The zero-order chi connectivity index (χ0) is 16.4. The van der Waals surface area contributed by atoms with Gasteiger partial charge in [0.05, 0.1) is 21.3 Å². The number of hydrogen-bond donors (Lipinski definition) is 1. The van der Waals surface area contributed by atoms with Crippen LogP contribution < -0.4 is 5.32 Å². The maximum atomic E-state index is 12.5. The third-order valence-corrected chi connectivity index (χ3v) is 5.96. The second-order valence-corrected chi connectivity index (χ2v) is 8.48. The number of carbonyl (C=O) groups is 1. The summed E-state index contributed by atoms with van der Waals surface area (Å²) in [5, 5.41) is 8.51. The van der Waals surface area contributed by atoms with E-state index in [-0.39, 0.29) is 5.91 Å². The van der Waals surface area contributed by atoms with E-state index in [4.69, 9.17) is 0 Å². The highest BCUT2D eigenvalue weighted by atomic mass is 32.1. The van der Waals surface area contributed by atoms with Gasteiger partial charge in [0.1, 0.15) is 4.88 Å². The van der Waals surface area contributed by atoms with Crippen molar-refractivity contribution in [1.29, 1.82) is 0 Å². The number of carbonyl (C=O) groups excluding carboxylic acids is 1. The Balaban J connectivity index is 1.73. The summed E-state index contributed by atoms with van der Waals surface area (Å²) in [5.41, 5.74) is 1.69. The van der Waals surface area contributed by atoms with E-state index in [9.17, 15) is 4.79 Å². The Kier molecular flexibility index (Phi) is 4.89. The molecule has 3 rings (SSSR count). The molecule has 0 fully saturated rings. The van der Waals surface area contributed by atoms with Crippen molar-refractivity contribution in [3.8, 4) is 10.6 Å². The van der Waals surface area contributed by atoms with Gasteiger partial charge >= 0.3 is 0 Å². The molecule has 23 heavy (non-hydrogen) atoms. The maximum Gasteiger partial charge on any atom is 0.269 e. The Morgan fingerprint density at radius 3 is 2.83 bits per heavy atom. The van der Waals surface area contributed by atoms with Crippen molar-refractivity contribution in [1.82, 2.24) is 9.97 Å². The van der Waals surface area contributed by atoms with Gasteiger partial charge in [-0.1, -0.05) is 19.9 Å². The lowest BCUT2D eigenvalue weighted by atomic mass is 10.1. The standard InChI is InChI=1S/C16H17N3OS3/c1-9(2)7-13-17-10(3)14(23-13)15(20)19-16-18-11(8-22-16)12-5-4-6-21-12/h4-6,8-9H,7H2,1-3H3,(H,18,19,20). The quantitative estimate of drug-likeness (QED) is 0.687. The van der Waals surface area contributed by atoms with E-state index in [0.717, 1.165) is 27.7 Å². The van der Waals surface area contributed by atoms with Crippen LogP contribution in [0, 0.1) is 12.8 Å². The van der Waals surface area contributed by atoms with E-state index in [0.29, 0.717) is 15.9 Å². The van der Waals surface area contributed by atoms with Crippen LogP contribution in [0.15, 0.2) is 22.9 Å². The van der Waals surface area contributed by atoms with Gasteiger partial charge < -0.3 is 0 Å². The van der Waals surface area contributed by atoms with Crippen LogP contribution in [0.25, 0.3) is 10.6 Å². The lowest BCUT2D eigenvalue weighted by Gasteiger charge is -1.99. The molecule has 0 aliphatic heterocycles. The summed E-state index contributed by atoms with van der Waals surface area (Å²) in [5.74, 6) is 0.408. The molecule has 3 aromatic heterocycles. The van der Waals surface area contributed by atoms with E-state index < -0.39 is 0 Å². The summed E-state index contributed by atoms with van der Waals surface area (Å²) >= 11 is 4.56. The minimum Gasteiger partial charge on any atom is -0.297 e. The Labute approximate surface area is 147 Å². The first kappa shape index (κ1) is 16.3. The second-order valence-electron chi connectivity index (χ2n) is 5.59. The first-order valence-electron chi connectivity index (χ1n) is 7.30. The van der Waals surface area contributed by atoms with E-state index in [1.165, 1.54) is 22.7 Å². The van der Waals surface area contributed by atoms with Crippen LogP contribution in [0.4, 0.5) is 5.13 Å². The van der Waals surface area contributed by atoms with Crippen LogP contribution in [0.3, 0.4) is 0 Å². The van der Waals surface area contributed by atoms with Gasteiger partial charge in [-0.05, 0) is 24.3 Å². The Hall–Kier alpha value is -1.57. The maximum absolute atomic E-state index is 12.5. The number of hydrogen-bond acceptors (Lipinski definition) is 6. The van der Waals surface area contributed by atoms with Crippen molar-refractivity contribution < 1.29 is 4.79 Å². The van der Waals surface area contributed by atoms with Crippen LogP contribution in [0.2, 0.25) is 0 Å². The molecule has 0 radical (unpaired) electrons. The van der Waals surface area contributed by atoms with Crippen LogP contribution >= 0.6 is 34.0 Å². The van der Waals surface area contributed by atoms with Gasteiger partial charge in [0.15, 0.2) is 5.13 Å². The summed E-state index contributed by atoms with van der Waals surface area (Å²) in [6, 6.07) is 4.02. The lowest BCUT2D eigenvalue weighted by Crippen LogP contribution is -2.11. The summed E-state index contributed by atoms with van der Waals surface area (Å²) in [6.45, 7) is 6.18. The molecular weight excluding hydrogens is 346 g/mol. The van der Waals surface area contributed by atoms with Crippen molar-refractivity contribution in [2.45, 2.75) is 27.2 Å². The number of aromatic nitrogens is 2. The fraction of sp³-hybridized carbons (Fsp3) is 0.312. The van der Waals surface area contributed by atoms with Gasteiger partial charge in [-0.2, -0.15) is 0 Å². The highest BCUT2D eigenvalue weighted by molar-refractivity contribution is 7.16. The number of rotatable bonds is 5. The smallest absolute Gasteiger partial charge is 0.269 e. The summed E-state index contributed by atoms with van der Waals surface area (Å²) < 4.78 is 0. The summed E-state index contributed by atoms with van der Waals surface area (Å²) in [7, 11) is 0. The number of anilines is 1. The van der Waals surface area contributed by atoms with Crippen molar-refractivity contribution in [2.75, 3.05) is 5.32 Å². The van der Waals surface area contributed by atoms with Gasteiger partial charge in [0.2, 0.25) is 0 Å². The average Bonchev–Trinajstić information content (AvgIpc) is 3.18. The van der Waals surface area contributed by atoms with Gasteiger partial charge in [0.25, 0.3) is 5.91 Å². The molecule has 1 amide bonds. The van der Waals surface area contributed by atoms with Crippen molar-refractivity contribution in [2.24, 2.45) is 5.92 Å². The molecular formula is C16H17N3OS3. The molecule has 0 bridgehead atoms. The summed E-state index contributed by atoms with van der Waals surface area (Å²) in [4.78, 5) is 23.2. The van der Waals surface area contributed by atoms with Crippen LogP contribution in [-0.2, 0) is 6.42 Å². The number of aryl methyl sites for hydroxylation is 1. The van der Waals surface area contributed by atoms with Crippen molar-refractivity contribution in [3.05, 3.63) is 38.5 Å².